The number of nitrogens with one attached hydrogen (secondary N) is 1. The molecule has 2 amide bonds. The summed E-state index contributed by atoms with van der Waals surface area (Å²) in [4.78, 5) is 28.2. The van der Waals surface area contributed by atoms with Crippen LogP contribution in [0.2, 0.25) is 0 Å². The van der Waals surface area contributed by atoms with E-state index in [0.29, 0.717) is 24.7 Å². The summed E-state index contributed by atoms with van der Waals surface area (Å²) < 4.78 is 27.1. The van der Waals surface area contributed by atoms with Gasteiger partial charge >= 0.3 is 0 Å². The van der Waals surface area contributed by atoms with E-state index < -0.39 is 10.0 Å². The van der Waals surface area contributed by atoms with E-state index in [-0.39, 0.29) is 35.8 Å². The summed E-state index contributed by atoms with van der Waals surface area (Å²) in [6.07, 6.45) is 3.49. The van der Waals surface area contributed by atoms with Crippen molar-refractivity contribution in [2.75, 3.05) is 39.3 Å². The van der Waals surface area contributed by atoms with E-state index >= 15 is 0 Å². The average molecular weight is 421 g/mol. The second kappa shape index (κ2) is 8.04. The summed E-state index contributed by atoms with van der Waals surface area (Å²) in [7, 11) is -3.63. The van der Waals surface area contributed by atoms with Crippen molar-refractivity contribution in [1.29, 1.82) is 0 Å². The summed E-state index contributed by atoms with van der Waals surface area (Å²) in [5.41, 5.74) is 0.468. The molecule has 1 unspecified atom stereocenters. The van der Waals surface area contributed by atoms with Gasteiger partial charge in [-0.1, -0.05) is 0 Å². The Morgan fingerprint density at radius 1 is 0.966 bits per heavy atom. The van der Waals surface area contributed by atoms with Crippen LogP contribution in [-0.4, -0.2) is 85.7 Å². The Morgan fingerprint density at radius 2 is 1.62 bits per heavy atom. The number of rotatable bonds is 5. The number of hydrogen-bond donors (Lipinski definition) is 1. The third-order valence-electron chi connectivity index (χ3n) is 6.06. The molecular formula is C20H28N4O4S. The fourth-order valence-electron chi connectivity index (χ4n) is 4.12. The molecule has 3 aliphatic rings. The molecule has 1 aromatic carbocycles. The van der Waals surface area contributed by atoms with Gasteiger partial charge in [0.25, 0.3) is 5.91 Å². The van der Waals surface area contributed by atoms with Crippen molar-refractivity contribution in [2.24, 2.45) is 0 Å². The number of likely N-dealkylation sites (tertiary alicyclic amines) is 1. The molecule has 0 bridgehead atoms. The smallest absolute Gasteiger partial charge is 0.251 e. The highest BCUT2D eigenvalue weighted by Crippen LogP contribution is 2.29. The highest BCUT2D eigenvalue weighted by atomic mass is 32.2. The van der Waals surface area contributed by atoms with E-state index in [2.05, 4.69) is 10.2 Å². The van der Waals surface area contributed by atoms with Gasteiger partial charge in [-0.3, -0.25) is 14.5 Å². The maximum Gasteiger partial charge on any atom is 0.251 e. The van der Waals surface area contributed by atoms with Gasteiger partial charge in [0.15, 0.2) is 0 Å². The van der Waals surface area contributed by atoms with E-state index in [9.17, 15) is 18.0 Å². The van der Waals surface area contributed by atoms with Crippen LogP contribution >= 0.6 is 0 Å². The number of nitrogens with zero attached hydrogens (tertiary/aromatic N) is 3. The van der Waals surface area contributed by atoms with Crippen LogP contribution < -0.4 is 5.32 Å². The Morgan fingerprint density at radius 3 is 2.21 bits per heavy atom. The molecule has 29 heavy (non-hydrogen) atoms. The zero-order chi connectivity index (χ0) is 20.6. The summed E-state index contributed by atoms with van der Waals surface area (Å²) in [6.45, 7) is 4.77. The minimum Gasteiger partial charge on any atom is -0.348 e. The largest absolute Gasteiger partial charge is 0.348 e. The van der Waals surface area contributed by atoms with Gasteiger partial charge in [-0.05, 0) is 43.5 Å². The molecule has 2 heterocycles. The number of carbonyl (C=O) groups excluding carboxylic acids is 2. The maximum absolute atomic E-state index is 12.8. The lowest BCUT2D eigenvalue weighted by Crippen LogP contribution is -2.49. The highest BCUT2D eigenvalue weighted by molar-refractivity contribution is 7.89. The van der Waals surface area contributed by atoms with E-state index in [0.717, 1.165) is 19.5 Å². The summed E-state index contributed by atoms with van der Waals surface area (Å²) in [5, 5.41) is 3.07. The average Bonchev–Trinajstić information content (AvgIpc) is 3.47. The number of carbonyl (C=O) groups is 2. The molecule has 1 atom stereocenters. The number of piperazine rings is 1. The molecule has 0 aromatic heterocycles. The molecule has 0 radical (unpaired) electrons. The lowest BCUT2D eigenvalue weighted by Gasteiger charge is -2.33. The van der Waals surface area contributed by atoms with Crippen LogP contribution in [0.3, 0.4) is 0 Å². The highest BCUT2D eigenvalue weighted by Gasteiger charge is 2.35. The van der Waals surface area contributed by atoms with Gasteiger partial charge in [-0.25, -0.2) is 8.42 Å². The predicted molar refractivity (Wildman–Crippen MR) is 108 cm³/mol. The van der Waals surface area contributed by atoms with Gasteiger partial charge in [-0.15, -0.1) is 0 Å². The standard InChI is InChI=1S/C20H28N4O4S/c1-15(25)22-10-12-24(13-11-22)29(27,28)19-6-2-16(3-7-19)20(26)21-17-8-9-23(14-17)18-4-5-18/h2-3,6-7,17-18H,4-5,8-14H2,1H3,(H,21,26). The van der Waals surface area contributed by atoms with Crippen LogP contribution in [0.25, 0.3) is 0 Å². The second-order valence-corrected chi connectivity index (χ2v) is 10.1. The van der Waals surface area contributed by atoms with Crippen molar-refractivity contribution in [3.8, 4) is 0 Å². The van der Waals surface area contributed by atoms with Crippen LogP contribution in [-0.2, 0) is 14.8 Å². The van der Waals surface area contributed by atoms with Gasteiger partial charge in [0.1, 0.15) is 0 Å². The Balaban J connectivity index is 1.35. The molecule has 2 aliphatic heterocycles. The summed E-state index contributed by atoms with van der Waals surface area (Å²) in [5.74, 6) is -0.202. The van der Waals surface area contributed by atoms with Gasteiger partial charge in [0, 0.05) is 63.8 Å². The number of hydrogen-bond acceptors (Lipinski definition) is 5. The molecule has 9 heteroatoms. The molecule has 1 aromatic rings. The quantitative estimate of drug-likeness (QED) is 0.750. The Labute approximate surface area is 171 Å². The normalized spacial score (nSPS) is 23.9. The second-order valence-electron chi connectivity index (χ2n) is 8.12. The van der Waals surface area contributed by atoms with Crippen molar-refractivity contribution in [3.05, 3.63) is 29.8 Å². The fraction of sp³-hybridized carbons (Fsp3) is 0.600. The van der Waals surface area contributed by atoms with Crippen LogP contribution in [0.5, 0.6) is 0 Å². The number of benzene rings is 1. The first-order chi connectivity index (χ1) is 13.8. The molecule has 1 aliphatic carbocycles. The van der Waals surface area contributed by atoms with Crippen LogP contribution in [0.1, 0.15) is 36.5 Å². The maximum atomic E-state index is 12.8. The lowest BCUT2D eigenvalue weighted by molar-refractivity contribution is -0.129. The molecule has 1 saturated carbocycles. The zero-order valence-corrected chi connectivity index (χ0v) is 17.5. The molecule has 4 rings (SSSR count). The molecule has 2 saturated heterocycles. The van der Waals surface area contributed by atoms with Crippen LogP contribution in [0.4, 0.5) is 0 Å². The van der Waals surface area contributed by atoms with Gasteiger partial charge in [-0.2, -0.15) is 4.31 Å². The minimum atomic E-state index is -3.63. The van der Waals surface area contributed by atoms with Crippen molar-refractivity contribution in [1.82, 2.24) is 19.4 Å². The van der Waals surface area contributed by atoms with Gasteiger partial charge < -0.3 is 10.2 Å². The SMILES string of the molecule is CC(=O)N1CCN(S(=O)(=O)c2ccc(C(=O)NC3CCN(C4CC4)C3)cc2)CC1. The van der Waals surface area contributed by atoms with Gasteiger partial charge in [0.2, 0.25) is 15.9 Å². The third kappa shape index (κ3) is 4.46. The minimum absolute atomic E-state index is 0.0417. The zero-order valence-electron chi connectivity index (χ0n) is 16.7. The fourth-order valence-corrected chi connectivity index (χ4v) is 5.54. The van der Waals surface area contributed by atoms with Crippen molar-refractivity contribution in [3.63, 3.8) is 0 Å². The van der Waals surface area contributed by atoms with Crippen LogP contribution in [0, 0.1) is 0 Å². The van der Waals surface area contributed by atoms with E-state index in [1.54, 1.807) is 17.0 Å². The monoisotopic (exact) mass is 420 g/mol. The van der Waals surface area contributed by atoms with Crippen molar-refractivity contribution < 1.29 is 18.0 Å². The van der Waals surface area contributed by atoms with Crippen molar-refractivity contribution in [2.45, 2.75) is 43.2 Å². The molecular weight excluding hydrogens is 392 g/mol. The molecule has 158 valence electrons. The topological polar surface area (TPSA) is 90.0 Å². The molecule has 0 spiro atoms. The molecule has 8 nitrogen and oxygen atoms in total. The number of amides is 2. The Bertz CT molecular complexity index is 874. The van der Waals surface area contributed by atoms with Gasteiger partial charge in [0.05, 0.1) is 4.90 Å². The first-order valence-electron chi connectivity index (χ1n) is 10.3. The van der Waals surface area contributed by atoms with E-state index in [1.165, 1.54) is 36.2 Å². The summed E-state index contributed by atoms with van der Waals surface area (Å²) in [6, 6.07) is 6.99. The van der Waals surface area contributed by atoms with Crippen LogP contribution in [0.15, 0.2) is 29.2 Å². The van der Waals surface area contributed by atoms with E-state index in [1.807, 2.05) is 0 Å². The van der Waals surface area contributed by atoms with E-state index in [4.69, 9.17) is 0 Å². The number of sulfonamides is 1. The summed E-state index contributed by atoms with van der Waals surface area (Å²) >= 11 is 0. The predicted octanol–water partition coefficient (Wildman–Crippen LogP) is 0.506. The first kappa shape index (κ1) is 20.3. The third-order valence-corrected chi connectivity index (χ3v) is 7.97. The Kier molecular flexibility index (Phi) is 5.63. The molecule has 1 N–H and O–H groups in total. The lowest BCUT2D eigenvalue weighted by atomic mass is 10.2. The molecule has 3 fully saturated rings. The first-order valence-corrected chi connectivity index (χ1v) is 11.7. The van der Waals surface area contributed by atoms with Crippen molar-refractivity contribution >= 4 is 21.8 Å². The Hall–Kier alpha value is -1.97.